The van der Waals surface area contributed by atoms with Crippen LogP contribution < -0.4 is 5.63 Å². The minimum atomic E-state index is -0.551. The van der Waals surface area contributed by atoms with Gasteiger partial charge >= 0.3 is 5.63 Å². The molecule has 3 heterocycles. The fraction of sp³-hybridized carbons (Fsp3) is 0.111. The number of benzene rings is 1. The number of hydrogen-bond donors (Lipinski definition) is 1. The van der Waals surface area contributed by atoms with Gasteiger partial charge in [0, 0.05) is 17.8 Å². The van der Waals surface area contributed by atoms with Crippen LogP contribution in [0.2, 0.25) is 5.02 Å². The Morgan fingerprint density at radius 2 is 2.15 bits per heavy atom. The molecule has 1 aromatic carbocycles. The quantitative estimate of drug-likeness (QED) is 0.515. The Morgan fingerprint density at radius 1 is 1.33 bits per heavy atom. The third-order valence-corrected chi connectivity index (χ3v) is 4.65. The maximum atomic E-state index is 12.5. The van der Waals surface area contributed by atoms with Crippen molar-refractivity contribution in [3.63, 3.8) is 0 Å². The summed E-state index contributed by atoms with van der Waals surface area (Å²) >= 11 is 9.55. The zero-order valence-electron chi connectivity index (χ0n) is 14.0. The van der Waals surface area contributed by atoms with Crippen molar-refractivity contribution in [2.75, 3.05) is 0 Å². The summed E-state index contributed by atoms with van der Waals surface area (Å²) in [5.74, 6) is 0.418. The number of aliphatic hydroxyl groups is 1. The topological polar surface area (TPSA) is 94.0 Å². The van der Waals surface area contributed by atoms with E-state index in [0.717, 1.165) is 5.56 Å². The molecule has 0 saturated carbocycles. The molecule has 1 N–H and O–H groups in total. The summed E-state index contributed by atoms with van der Waals surface area (Å²) < 4.78 is 7.38. The van der Waals surface area contributed by atoms with E-state index in [2.05, 4.69) is 31.0 Å². The molecule has 27 heavy (non-hydrogen) atoms. The molecule has 0 bridgehead atoms. The van der Waals surface area contributed by atoms with E-state index in [4.69, 9.17) is 16.0 Å². The predicted octanol–water partition coefficient (Wildman–Crippen LogP) is 3.65. The van der Waals surface area contributed by atoms with Crippen molar-refractivity contribution in [3.8, 4) is 17.4 Å². The zero-order valence-corrected chi connectivity index (χ0v) is 16.3. The van der Waals surface area contributed by atoms with Crippen LogP contribution in [0, 0.1) is 6.92 Å². The second kappa shape index (κ2) is 6.88. The van der Waals surface area contributed by atoms with E-state index in [-0.39, 0.29) is 12.5 Å². The minimum absolute atomic E-state index is 0.0472. The van der Waals surface area contributed by atoms with Crippen molar-refractivity contribution in [3.05, 3.63) is 67.7 Å². The number of hydrogen-bond acceptors (Lipinski definition) is 6. The average molecular weight is 448 g/mol. The van der Waals surface area contributed by atoms with Crippen LogP contribution >= 0.6 is 27.5 Å². The molecule has 0 aliphatic heterocycles. The molecule has 0 amide bonds. The highest BCUT2D eigenvalue weighted by molar-refractivity contribution is 9.10. The molecule has 7 nitrogen and oxygen atoms in total. The van der Waals surface area contributed by atoms with Gasteiger partial charge in [0.1, 0.15) is 10.3 Å². The van der Waals surface area contributed by atoms with Crippen LogP contribution in [0.15, 0.2) is 50.3 Å². The first-order valence-electron chi connectivity index (χ1n) is 7.90. The Balaban J connectivity index is 2.01. The second-order valence-corrected chi connectivity index (χ2v) is 7.08. The van der Waals surface area contributed by atoms with Crippen LogP contribution in [-0.2, 0) is 6.61 Å². The molecule has 3 aromatic heterocycles. The lowest BCUT2D eigenvalue weighted by Crippen LogP contribution is -2.08. The summed E-state index contributed by atoms with van der Waals surface area (Å²) in [6.07, 6.45) is 1.58. The van der Waals surface area contributed by atoms with E-state index in [9.17, 15) is 9.90 Å². The van der Waals surface area contributed by atoms with Crippen LogP contribution in [0.5, 0.6) is 0 Å². The van der Waals surface area contributed by atoms with Gasteiger partial charge in [-0.25, -0.2) is 19.4 Å². The molecule has 136 valence electrons. The Labute approximate surface area is 166 Å². The molecule has 0 radical (unpaired) electrons. The van der Waals surface area contributed by atoms with Gasteiger partial charge in [-0.2, -0.15) is 5.10 Å². The summed E-state index contributed by atoms with van der Waals surface area (Å²) in [7, 11) is 0. The van der Waals surface area contributed by atoms with E-state index in [1.54, 1.807) is 36.5 Å². The molecular weight excluding hydrogens is 436 g/mol. The summed E-state index contributed by atoms with van der Waals surface area (Å²) in [4.78, 5) is 21.2. The van der Waals surface area contributed by atoms with Gasteiger partial charge in [-0.1, -0.05) is 17.7 Å². The van der Waals surface area contributed by atoms with E-state index in [0.29, 0.717) is 37.6 Å². The molecule has 0 fully saturated rings. The first-order chi connectivity index (χ1) is 13.0. The molecule has 4 aromatic rings. The molecule has 0 aliphatic carbocycles. The van der Waals surface area contributed by atoms with Crippen molar-refractivity contribution in [1.82, 2.24) is 19.7 Å². The lowest BCUT2D eigenvalue weighted by molar-refractivity contribution is 0.283. The van der Waals surface area contributed by atoms with Gasteiger partial charge in [0.05, 0.1) is 22.5 Å². The molecule has 0 spiro atoms. The van der Waals surface area contributed by atoms with Gasteiger partial charge in [0.2, 0.25) is 5.89 Å². The first-order valence-corrected chi connectivity index (χ1v) is 9.07. The highest BCUT2D eigenvalue weighted by Crippen LogP contribution is 2.28. The van der Waals surface area contributed by atoms with E-state index < -0.39 is 5.63 Å². The number of pyridine rings is 1. The molecule has 0 saturated heterocycles. The maximum absolute atomic E-state index is 12.5. The van der Waals surface area contributed by atoms with Crippen LogP contribution in [0.3, 0.4) is 0 Å². The fourth-order valence-electron chi connectivity index (χ4n) is 2.84. The van der Waals surface area contributed by atoms with Crippen molar-refractivity contribution in [1.29, 1.82) is 0 Å². The number of nitrogens with zero attached hydrogens (tertiary/aromatic N) is 4. The van der Waals surface area contributed by atoms with Crippen LogP contribution in [0.1, 0.15) is 11.1 Å². The highest BCUT2D eigenvalue weighted by atomic mass is 79.9. The number of fused-ring (bicyclic) bond motifs is 1. The maximum Gasteiger partial charge on any atom is 0.347 e. The molecule has 9 heteroatoms. The van der Waals surface area contributed by atoms with E-state index in [1.165, 1.54) is 4.68 Å². The van der Waals surface area contributed by atoms with E-state index >= 15 is 0 Å². The molecule has 0 aliphatic rings. The third kappa shape index (κ3) is 3.16. The summed E-state index contributed by atoms with van der Waals surface area (Å²) in [5, 5.41) is 14.7. The fourth-order valence-corrected chi connectivity index (χ4v) is 3.41. The number of halogens is 2. The van der Waals surface area contributed by atoms with Crippen molar-refractivity contribution in [2.24, 2.45) is 0 Å². The van der Waals surface area contributed by atoms with Crippen LogP contribution in [-0.4, -0.2) is 24.9 Å². The minimum Gasteiger partial charge on any atom is -0.401 e. The average Bonchev–Trinajstić information content (AvgIpc) is 3.03. The van der Waals surface area contributed by atoms with Gasteiger partial charge in [0.15, 0.2) is 5.82 Å². The third-order valence-electron chi connectivity index (χ3n) is 3.96. The largest absolute Gasteiger partial charge is 0.401 e. The first kappa shape index (κ1) is 17.8. The number of rotatable bonds is 3. The normalized spacial score (nSPS) is 11.3. The SMILES string of the molecule is Cc1cc(CO)c2nc(-c3cc(Br)nn3-c3ncccc3Cl)oc(=O)c2c1. The second-order valence-electron chi connectivity index (χ2n) is 5.86. The summed E-state index contributed by atoms with van der Waals surface area (Å²) in [6, 6.07) is 8.49. The monoisotopic (exact) mass is 446 g/mol. The Bertz CT molecular complexity index is 1240. The lowest BCUT2D eigenvalue weighted by atomic mass is 10.1. The Hall–Kier alpha value is -2.55. The van der Waals surface area contributed by atoms with Crippen LogP contribution in [0.25, 0.3) is 28.3 Å². The Kier molecular flexibility index (Phi) is 4.55. The predicted molar refractivity (Wildman–Crippen MR) is 104 cm³/mol. The molecular formula is C18H12BrClN4O3. The number of aliphatic hydroxyl groups excluding tert-OH is 1. The standard InChI is InChI=1S/C18H12BrClN4O3/c1-9-5-10(8-25)15-11(6-9)18(26)27-17(22-15)13-7-14(19)23-24(13)16-12(20)3-2-4-21-16/h2-7,25H,8H2,1H3. The zero-order chi connectivity index (χ0) is 19.1. The van der Waals surface area contributed by atoms with E-state index in [1.807, 2.05) is 6.92 Å². The number of aromatic nitrogens is 4. The summed E-state index contributed by atoms with van der Waals surface area (Å²) in [5.41, 5.74) is 1.60. The molecule has 0 unspecified atom stereocenters. The number of aryl methyl sites for hydroxylation is 1. The lowest BCUT2D eigenvalue weighted by Gasteiger charge is -2.09. The van der Waals surface area contributed by atoms with Crippen LogP contribution in [0.4, 0.5) is 0 Å². The van der Waals surface area contributed by atoms with Gasteiger partial charge in [-0.15, -0.1) is 0 Å². The van der Waals surface area contributed by atoms with Gasteiger partial charge in [-0.3, -0.25) is 0 Å². The molecule has 0 atom stereocenters. The van der Waals surface area contributed by atoms with Crippen molar-refractivity contribution in [2.45, 2.75) is 13.5 Å². The van der Waals surface area contributed by atoms with Gasteiger partial charge < -0.3 is 9.52 Å². The smallest absolute Gasteiger partial charge is 0.347 e. The van der Waals surface area contributed by atoms with Gasteiger partial charge in [-0.05, 0) is 46.6 Å². The van der Waals surface area contributed by atoms with Gasteiger partial charge in [0.25, 0.3) is 0 Å². The molecule has 4 rings (SSSR count). The Morgan fingerprint density at radius 3 is 2.89 bits per heavy atom. The summed E-state index contributed by atoms with van der Waals surface area (Å²) in [6.45, 7) is 1.59. The van der Waals surface area contributed by atoms with Crippen molar-refractivity contribution >= 4 is 38.4 Å². The highest BCUT2D eigenvalue weighted by Gasteiger charge is 2.19. The van der Waals surface area contributed by atoms with Crippen molar-refractivity contribution < 1.29 is 9.52 Å².